The van der Waals surface area contributed by atoms with Crippen molar-refractivity contribution in [1.82, 2.24) is 10.4 Å². The summed E-state index contributed by atoms with van der Waals surface area (Å²) >= 11 is 0. The van der Waals surface area contributed by atoms with Crippen LogP contribution >= 0.6 is 0 Å². The predicted molar refractivity (Wildman–Crippen MR) is 62.5 cm³/mol. The third kappa shape index (κ3) is 5.47. The summed E-state index contributed by atoms with van der Waals surface area (Å²) < 4.78 is 5.30. The van der Waals surface area contributed by atoms with Gasteiger partial charge in [-0.1, -0.05) is 26.2 Å². The summed E-state index contributed by atoms with van der Waals surface area (Å²) in [7, 11) is 0. The van der Waals surface area contributed by atoms with Gasteiger partial charge in [0.2, 0.25) is 0 Å². The van der Waals surface area contributed by atoms with Crippen molar-refractivity contribution in [2.75, 3.05) is 32.8 Å². The summed E-state index contributed by atoms with van der Waals surface area (Å²) in [4.78, 5) is 0. The van der Waals surface area contributed by atoms with E-state index in [4.69, 9.17) is 10.5 Å². The molecule has 0 aromatic rings. The van der Waals surface area contributed by atoms with Crippen molar-refractivity contribution in [2.45, 2.75) is 38.6 Å². The molecule has 1 atom stereocenters. The summed E-state index contributed by atoms with van der Waals surface area (Å²) in [6.07, 6.45) is 5.04. The van der Waals surface area contributed by atoms with Gasteiger partial charge in [-0.2, -0.15) is 0 Å². The molecule has 1 aliphatic heterocycles. The van der Waals surface area contributed by atoms with Gasteiger partial charge in [-0.25, -0.2) is 5.01 Å². The largest absolute Gasteiger partial charge is 0.379 e. The fourth-order valence-corrected chi connectivity index (χ4v) is 1.83. The Morgan fingerprint density at radius 2 is 2.07 bits per heavy atom. The number of nitrogens with one attached hydrogen (secondary N) is 1. The molecule has 1 rings (SSSR count). The van der Waals surface area contributed by atoms with Crippen LogP contribution in [0.5, 0.6) is 0 Å². The molecule has 0 spiro atoms. The maximum atomic E-state index is 5.75. The molecule has 1 fully saturated rings. The zero-order valence-electron chi connectivity index (χ0n) is 9.87. The minimum absolute atomic E-state index is 0.439. The van der Waals surface area contributed by atoms with E-state index in [2.05, 4.69) is 17.4 Å². The van der Waals surface area contributed by atoms with Gasteiger partial charge in [-0.05, 0) is 6.42 Å². The summed E-state index contributed by atoms with van der Waals surface area (Å²) in [5.41, 5.74) is 9.24. The van der Waals surface area contributed by atoms with Crippen molar-refractivity contribution in [1.29, 1.82) is 0 Å². The zero-order valence-corrected chi connectivity index (χ0v) is 9.87. The standard InChI is InChI=1S/C11H25N3O/c1-2-3-4-5-11(10-12)13-14-6-8-15-9-7-14/h11,13H,2-10,12H2,1H3. The molecule has 1 saturated heterocycles. The number of unbranched alkanes of at least 4 members (excludes halogenated alkanes) is 2. The highest BCUT2D eigenvalue weighted by molar-refractivity contribution is 4.68. The quantitative estimate of drug-likeness (QED) is 0.615. The van der Waals surface area contributed by atoms with E-state index in [9.17, 15) is 0 Å². The van der Waals surface area contributed by atoms with E-state index in [0.29, 0.717) is 6.04 Å². The number of nitrogens with zero attached hydrogens (tertiary/aromatic N) is 1. The molecule has 4 nitrogen and oxygen atoms in total. The summed E-state index contributed by atoms with van der Waals surface area (Å²) in [6, 6.07) is 0.439. The lowest BCUT2D eigenvalue weighted by atomic mass is 10.1. The molecular weight excluding hydrogens is 190 g/mol. The molecule has 15 heavy (non-hydrogen) atoms. The topological polar surface area (TPSA) is 50.5 Å². The first-order chi connectivity index (χ1) is 7.36. The average Bonchev–Trinajstić information content (AvgIpc) is 2.29. The molecule has 0 amide bonds. The van der Waals surface area contributed by atoms with Crippen LogP contribution < -0.4 is 11.2 Å². The van der Waals surface area contributed by atoms with Crippen molar-refractivity contribution >= 4 is 0 Å². The third-order valence-electron chi connectivity index (χ3n) is 2.82. The minimum Gasteiger partial charge on any atom is -0.379 e. The van der Waals surface area contributed by atoms with Gasteiger partial charge in [0, 0.05) is 25.7 Å². The van der Waals surface area contributed by atoms with Gasteiger partial charge in [-0.3, -0.25) is 5.43 Å². The smallest absolute Gasteiger partial charge is 0.0608 e. The van der Waals surface area contributed by atoms with Gasteiger partial charge in [0.1, 0.15) is 0 Å². The van der Waals surface area contributed by atoms with Crippen molar-refractivity contribution in [2.24, 2.45) is 5.73 Å². The minimum atomic E-state index is 0.439. The number of rotatable bonds is 7. The Morgan fingerprint density at radius 1 is 1.33 bits per heavy atom. The van der Waals surface area contributed by atoms with Crippen LogP contribution in [0.4, 0.5) is 0 Å². The Bertz CT molecular complexity index is 149. The lowest BCUT2D eigenvalue weighted by Crippen LogP contribution is -2.52. The van der Waals surface area contributed by atoms with Gasteiger partial charge < -0.3 is 10.5 Å². The monoisotopic (exact) mass is 215 g/mol. The van der Waals surface area contributed by atoms with Crippen LogP contribution in [0.1, 0.15) is 32.6 Å². The SMILES string of the molecule is CCCCCC(CN)NN1CCOCC1. The van der Waals surface area contributed by atoms with Crippen LogP contribution in [0, 0.1) is 0 Å². The Balaban J connectivity index is 2.13. The van der Waals surface area contributed by atoms with E-state index in [1.54, 1.807) is 0 Å². The van der Waals surface area contributed by atoms with Gasteiger partial charge >= 0.3 is 0 Å². The van der Waals surface area contributed by atoms with Gasteiger partial charge in [0.05, 0.1) is 13.2 Å². The van der Waals surface area contributed by atoms with E-state index in [0.717, 1.165) is 32.8 Å². The molecule has 1 unspecified atom stereocenters. The molecular formula is C11H25N3O. The Labute approximate surface area is 93.1 Å². The number of hydrogen-bond acceptors (Lipinski definition) is 4. The fourth-order valence-electron chi connectivity index (χ4n) is 1.83. The highest BCUT2D eigenvalue weighted by Gasteiger charge is 2.14. The van der Waals surface area contributed by atoms with Gasteiger partial charge in [0.15, 0.2) is 0 Å². The van der Waals surface area contributed by atoms with Crippen molar-refractivity contribution in [3.05, 3.63) is 0 Å². The first-order valence-electron chi connectivity index (χ1n) is 6.15. The van der Waals surface area contributed by atoms with Crippen LogP contribution in [0.15, 0.2) is 0 Å². The Morgan fingerprint density at radius 3 is 2.67 bits per heavy atom. The normalized spacial score (nSPS) is 20.4. The molecule has 90 valence electrons. The van der Waals surface area contributed by atoms with Crippen LogP contribution in [0.2, 0.25) is 0 Å². The maximum absolute atomic E-state index is 5.75. The summed E-state index contributed by atoms with van der Waals surface area (Å²) in [5, 5.41) is 2.24. The number of hydrazine groups is 1. The van der Waals surface area contributed by atoms with Gasteiger partial charge in [-0.15, -0.1) is 0 Å². The fraction of sp³-hybridized carbons (Fsp3) is 1.00. The van der Waals surface area contributed by atoms with Gasteiger partial charge in [0.25, 0.3) is 0 Å². The van der Waals surface area contributed by atoms with Crippen molar-refractivity contribution in [3.63, 3.8) is 0 Å². The number of morpholine rings is 1. The van der Waals surface area contributed by atoms with E-state index in [1.165, 1.54) is 25.7 Å². The number of hydrogen-bond donors (Lipinski definition) is 2. The van der Waals surface area contributed by atoms with Crippen LogP contribution in [0.25, 0.3) is 0 Å². The highest BCUT2D eigenvalue weighted by Crippen LogP contribution is 2.04. The van der Waals surface area contributed by atoms with E-state index >= 15 is 0 Å². The van der Waals surface area contributed by atoms with E-state index < -0.39 is 0 Å². The third-order valence-corrected chi connectivity index (χ3v) is 2.82. The molecule has 4 heteroatoms. The molecule has 1 heterocycles. The molecule has 1 aliphatic rings. The van der Waals surface area contributed by atoms with Crippen LogP contribution in [0.3, 0.4) is 0 Å². The van der Waals surface area contributed by atoms with Crippen molar-refractivity contribution < 1.29 is 4.74 Å². The number of ether oxygens (including phenoxy) is 1. The molecule has 0 saturated carbocycles. The van der Waals surface area contributed by atoms with E-state index in [1.807, 2.05) is 0 Å². The first-order valence-corrected chi connectivity index (χ1v) is 6.15. The molecule has 0 bridgehead atoms. The average molecular weight is 215 g/mol. The van der Waals surface area contributed by atoms with E-state index in [-0.39, 0.29) is 0 Å². The van der Waals surface area contributed by atoms with Crippen LogP contribution in [-0.4, -0.2) is 43.9 Å². The molecule has 0 radical (unpaired) electrons. The zero-order chi connectivity index (χ0) is 10.9. The number of nitrogens with two attached hydrogens (primary N) is 1. The first kappa shape index (κ1) is 12.9. The lowest BCUT2D eigenvalue weighted by molar-refractivity contribution is 0.00343. The molecule has 0 aromatic carbocycles. The highest BCUT2D eigenvalue weighted by atomic mass is 16.5. The second kappa shape index (κ2) is 8.05. The Kier molecular flexibility index (Phi) is 6.92. The molecule has 0 aliphatic carbocycles. The summed E-state index contributed by atoms with van der Waals surface area (Å²) in [5.74, 6) is 0. The molecule has 3 N–H and O–H groups in total. The second-order valence-corrected chi connectivity index (χ2v) is 4.16. The van der Waals surface area contributed by atoms with Crippen molar-refractivity contribution in [3.8, 4) is 0 Å². The molecule has 0 aromatic heterocycles. The Hall–Kier alpha value is -0.160. The second-order valence-electron chi connectivity index (χ2n) is 4.16. The summed E-state index contributed by atoms with van der Waals surface area (Å²) in [6.45, 7) is 6.57. The predicted octanol–water partition coefficient (Wildman–Crippen LogP) is 0.731. The van der Waals surface area contributed by atoms with Crippen LogP contribution in [-0.2, 0) is 4.74 Å². The lowest BCUT2D eigenvalue weighted by Gasteiger charge is -2.31. The maximum Gasteiger partial charge on any atom is 0.0608 e.